The summed E-state index contributed by atoms with van der Waals surface area (Å²) in [6.45, 7) is 0. The topological polar surface area (TPSA) is 223 Å². The van der Waals surface area contributed by atoms with Gasteiger partial charge in [0.25, 0.3) is 5.91 Å². The van der Waals surface area contributed by atoms with E-state index in [2.05, 4.69) is 0 Å². The van der Waals surface area contributed by atoms with E-state index < -0.39 is 75.1 Å². The van der Waals surface area contributed by atoms with Crippen LogP contribution < -0.4 is 15.2 Å². The van der Waals surface area contributed by atoms with Crippen LogP contribution in [0.15, 0.2) is 23.0 Å². The Morgan fingerprint density at radius 2 is 1.94 bits per heavy atom. The molecule has 7 N–H and O–H groups in total. The summed E-state index contributed by atoms with van der Waals surface area (Å²) in [5.41, 5.74) is 0.882. The molecule has 4 rings (SSSR count). The Balaban J connectivity index is 1.99. The zero-order chi connectivity index (χ0) is 26.9. The summed E-state index contributed by atoms with van der Waals surface area (Å²) in [7, 11) is 4.30. The lowest BCUT2D eigenvalue weighted by molar-refractivity contribution is -0.153. The molecule has 1 fully saturated rings. The maximum Gasteiger partial charge on any atom is 0.255 e. The summed E-state index contributed by atoms with van der Waals surface area (Å²) in [5, 5.41) is 44.3. The number of fused-ring (bicyclic) bond motifs is 3. The summed E-state index contributed by atoms with van der Waals surface area (Å²) in [6.07, 6.45) is -0.0771. The Labute approximate surface area is 207 Å². The smallest absolute Gasteiger partial charge is 0.255 e. The predicted octanol–water partition coefficient (Wildman–Crippen LogP) is -0.821. The van der Waals surface area contributed by atoms with Crippen LogP contribution in [0.2, 0.25) is 0 Å². The number of anilines is 1. The van der Waals surface area contributed by atoms with Crippen molar-refractivity contribution in [1.82, 2.24) is 4.90 Å². The van der Waals surface area contributed by atoms with Crippen LogP contribution in [-0.2, 0) is 32.1 Å². The number of Topliss-reactive ketones (excluding diaryl/α,β-unsaturated/α-hetero) is 2. The van der Waals surface area contributed by atoms with Crippen molar-refractivity contribution >= 4 is 40.2 Å². The Hall–Kier alpha value is -3.46. The van der Waals surface area contributed by atoms with Gasteiger partial charge in [0.05, 0.1) is 24.4 Å². The Bertz CT molecular complexity index is 1300. The first kappa shape index (κ1) is 25.6. The highest BCUT2D eigenvalue weighted by Crippen LogP contribution is 2.54. The van der Waals surface area contributed by atoms with Crippen molar-refractivity contribution in [3.63, 3.8) is 0 Å². The minimum absolute atomic E-state index is 0.00597. The molecule has 194 valence electrons. The number of ketones is 2. The third-order valence-corrected chi connectivity index (χ3v) is 7.48. The fourth-order valence-electron chi connectivity index (χ4n) is 5.63. The van der Waals surface area contributed by atoms with Gasteiger partial charge in [0.2, 0.25) is 5.78 Å². The number of carbonyl (C=O) groups is 3. The third kappa shape index (κ3) is 3.40. The standard InChI is InChI=1S/C22H25N3O10S/c1-25(2)15-9-5-7-4-8-11(35-3)6-10(24-36(33)34)16(26)13(8)17(27)12(7)19(29)22(9,32)20(30)14(18(15)28)21(23)31/h6-7,9,15,24,26-27,30,32H,4-5H2,1-3H3,(H2,23,31)(H,33,34)/p-1/t7-,9-,15-,22-/m0/s1. The monoisotopic (exact) mass is 522 g/mol. The predicted molar refractivity (Wildman–Crippen MR) is 123 cm³/mol. The molecule has 1 aromatic carbocycles. The van der Waals surface area contributed by atoms with Gasteiger partial charge in [-0.15, -0.1) is 0 Å². The van der Waals surface area contributed by atoms with Crippen molar-refractivity contribution < 1.29 is 48.3 Å². The molecule has 3 aliphatic rings. The number of nitrogens with zero attached hydrogens (tertiary/aromatic N) is 1. The Morgan fingerprint density at radius 3 is 2.47 bits per heavy atom. The molecule has 0 spiro atoms. The van der Waals surface area contributed by atoms with Crippen LogP contribution in [0.5, 0.6) is 11.5 Å². The highest BCUT2D eigenvalue weighted by Gasteiger charge is 2.64. The lowest BCUT2D eigenvalue weighted by atomic mass is 9.57. The number of likely N-dealkylation sites (N-methyl/N-ethyl adjacent to an activating group) is 1. The van der Waals surface area contributed by atoms with Crippen LogP contribution in [-0.4, -0.2) is 84.4 Å². The summed E-state index contributed by atoms with van der Waals surface area (Å²) in [4.78, 5) is 40.2. The molecule has 0 aliphatic heterocycles. The molecule has 1 unspecified atom stereocenters. The number of hydrogen-bond acceptors (Lipinski definition) is 11. The fraction of sp³-hybridized carbons (Fsp3) is 0.409. The van der Waals surface area contributed by atoms with Gasteiger partial charge >= 0.3 is 0 Å². The molecule has 0 saturated heterocycles. The maximum atomic E-state index is 13.7. The van der Waals surface area contributed by atoms with Gasteiger partial charge < -0.3 is 40.2 Å². The van der Waals surface area contributed by atoms with E-state index in [1.165, 1.54) is 32.2 Å². The normalized spacial score (nSPS) is 28.4. The fourth-order valence-corrected chi connectivity index (χ4v) is 5.96. The number of hydrogen-bond donors (Lipinski definition) is 6. The van der Waals surface area contributed by atoms with Crippen LogP contribution in [0.4, 0.5) is 5.69 Å². The number of methoxy groups -OCH3 is 1. The number of carbonyl (C=O) groups excluding carboxylic acids is 3. The molecule has 0 radical (unpaired) electrons. The number of nitrogens with two attached hydrogens (primary N) is 1. The van der Waals surface area contributed by atoms with E-state index in [1.54, 1.807) is 0 Å². The number of aliphatic hydroxyl groups excluding tert-OH is 2. The van der Waals surface area contributed by atoms with Gasteiger partial charge in [-0.2, -0.15) is 0 Å². The molecular weight excluding hydrogens is 498 g/mol. The number of aromatic hydroxyl groups is 1. The van der Waals surface area contributed by atoms with E-state index in [1.807, 2.05) is 4.72 Å². The van der Waals surface area contributed by atoms with E-state index in [-0.39, 0.29) is 41.0 Å². The number of benzene rings is 1. The first-order chi connectivity index (χ1) is 16.8. The number of ether oxygens (including phenoxy) is 1. The second kappa shape index (κ2) is 8.58. The second-order valence-corrected chi connectivity index (χ2v) is 9.80. The number of aliphatic hydroxyl groups is 3. The average molecular weight is 523 g/mol. The van der Waals surface area contributed by atoms with Gasteiger partial charge in [0, 0.05) is 34.4 Å². The number of primary amides is 1. The molecule has 0 heterocycles. The van der Waals surface area contributed by atoms with Gasteiger partial charge in [-0.1, -0.05) is 0 Å². The number of phenolic OH excluding ortho intramolecular Hbond substituents is 1. The van der Waals surface area contributed by atoms with Crippen molar-refractivity contribution in [3.8, 4) is 11.5 Å². The second-order valence-electron chi connectivity index (χ2n) is 9.13. The molecule has 36 heavy (non-hydrogen) atoms. The average Bonchev–Trinajstić information content (AvgIpc) is 2.77. The van der Waals surface area contributed by atoms with Crippen molar-refractivity contribution in [2.45, 2.75) is 24.5 Å². The van der Waals surface area contributed by atoms with Crippen LogP contribution in [0, 0.1) is 11.8 Å². The van der Waals surface area contributed by atoms with Crippen LogP contribution in [0.25, 0.3) is 5.76 Å². The number of nitrogens with one attached hydrogen (secondary N) is 1. The molecular formula is C22H24N3O10S-. The van der Waals surface area contributed by atoms with E-state index >= 15 is 0 Å². The van der Waals surface area contributed by atoms with Crippen LogP contribution in [0.3, 0.4) is 0 Å². The van der Waals surface area contributed by atoms with Crippen molar-refractivity contribution in [2.24, 2.45) is 17.6 Å². The molecule has 3 aliphatic carbocycles. The van der Waals surface area contributed by atoms with E-state index in [9.17, 15) is 43.6 Å². The lowest BCUT2D eigenvalue weighted by Gasteiger charge is -2.50. The molecule has 0 bridgehead atoms. The zero-order valence-electron chi connectivity index (χ0n) is 19.4. The summed E-state index contributed by atoms with van der Waals surface area (Å²) < 4.78 is 29.6. The van der Waals surface area contributed by atoms with E-state index in [0.717, 1.165) is 0 Å². The first-order valence-corrected chi connectivity index (χ1v) is 11.8. The number of amides is 1. The van der Waals surface area contributed by atoms with E-state index in [4.69, 9.17) is 10.5 Å². The molecule has 0 aromatic heterocycles. The number of rotatable bonds is 5. The largest absolute Gasteiger partial charge is 0.755 e. The SMILES string of the molecule is COc1cc(NS(=O)[O-])c(O)c2c1C[C@H]1C[C@H]3[C@H](N(C)C)C(=O)C(C(N)=O)=C(O)[C@@]3(O)C(=O)C1=C2O. The quantitative estimate of drug-likeness (QED) is 0.159. The van der Waals surface area contributed by atoms with Crippen LogP contribution in [0.1, 0.15) is 17.5 Å². The van der Waals surface area contributed by atoms with Crippen molar-refractivity contribution in [1.29, 1.82) is 0 Å². The molecule has 1 saturated carbocycles. The lowest BCUT2D eigenvalue weighted by Crippen LogP contribution is -2.65. The van der Waals surface area contributed by atoms with Gasteiger partial charge in [-0.05, 0) is 32.9 Å². The minimum atomic E-state index is -2.84. The molecule has 14 heteroatoms. The Morgan fingerprint density at radius 1 is 1.31 bits per heavy atom. The molecule has 1 amide bonds. The summed E-state index contributed by atoms with van der Waals surface area (Å²) in [5.74, 6) is -7.89. The van der Waals surface area contributed by atoms with Crippen LogP contribution >= 0.6 is 0 Å². The van der Waals surface area contributed by atoms with Gasteiger partial charge in [0.1, 0.15) is 22.8 Å². The van der Waals surface area contributed by atoms with Gasteiger partial charge in [0.15, 0.2) is 17.1 Å². The highest BCUT2D eigenvalue weighted by atomic mass is 32.2. The van der Waals surface area contributed by atoms with Crippen molar-refractivity contribution in [3.05, 3.63) is 34.1 Å². The van der Waals surface area contributed by atoms with Gasteiger partial charge in [-0.25, -0.2) is 0 Å². The maximum absolute atomic E-state index is 13.7. The minimum Gasteiger partial charge on any atom is -0.755 e. The van der Waals surface area contributed by atoms with Crippen molar-refractivity contribution in [2.75, 3.05) is 25.9 Å². The van der Waals surface area contributed by atoms with Gasteiger partial charge in [-0.3, -0.25) is 23.5 Å². The molecule has 5 atom stereocenters. The zero-order valence-corrected chi connectivity index (χ0v) is 20.2. The first-order valence-electron chi connectivity index (χ1n) is 10.7. The molecule has 13 nitrogen and oxygen atoms in total. The summed E-state index contributed by atoms with van der Waals surface area (Å²) >= 11 is -2.84. The highest BCUT2D eigenvalue weighted by molar-refractivity contribution is 7.80. The van der Waals surface area contributed by atoms with E-state index in [0.29, 0.717) is 0 Å². The summed E-state index contributed by atoms with van der Waals surface area (Å²) in [6, 6.07) is 0.0142. The number of phenols is 1. The molecule has 1 aromatic rings. The third-order valence-electron chi connectivity index (χ3n) is 7.09. The Kier molecular flexibility index (Phi) is 6.11.